The van der Waals surface area contributed by atoms with Crippen LogP contribution in [0.3, 0.4) is 0 Å². The summed E-state index contributed by atoms with van der Waals surface area (Å²) in [5.74, 6) is 2.16. The van der Waals surface area contributed by atoms with E-state index in [-0.39, 0.29) is 0 Å². The van der Waals surface area contributed by atoms with Gasteiger partial charge in [0.1, 0.15) is 11.5 Å². The Hall–Kier alpha value is -0.760. The highest BCUT2D eigenvalue weighted by atomic mass is 16.3. The van der Waals surface area contributed by atoms with E-state index in [1.807, 2.05) is 6.92 Å². The van der Waals surface area contributed by atoms with Crippen molar-refractivity contribution >= 4 is 0 Å². The lowest BCUT2D eigenvalue weighted by Gasteiger charge is -2.15. The highest BCUT2D eigenvalue weighted by molar-refractivity contribution is 5.20. The third-order valence-electron chi connectivity index (χ3n) is 3.33. The normalized spacial score (nSPS) is 12.9. The number of hydrogen-bond acceptors (Lipinski definition) is 2. The smallest absolute Gasteiger partial charge is 0.121 e. The van der Waals surface area contributed by atoms with Gasteiger partial charge >= 0.3 is 0 Å². The van der Waals surface area contributed by atoms with Crippen molar-refractivity contribution in [2.45, 2.75) is 65.8 Å². The van der Waals surface area contributed by atoms with Gasteiger partial charge in [0.15, 0.2) is 0 Å². The van der Waals surface area contributed by atoms with Crippen molar-refractivity contribution in [2.75, 3.05) is 6.54 Å². The third kappa shape index (κ3) is 4.55. The lowest BCUT2D eigenvalue weighted by Crippen LogP contribution is -2.20. The summed E-state index contributed by atoms with van der Waals surface area (Å²) < 4.78 is 5.82. The maximum absolute atomic E-state index is 5.82. The number of unbranched alkanes of at least 4 members (excludes halogenated alkanes) is 3. The highest BCUT2D eigenvalue weighted by Crippen LogP contribution is 2.24. The minimum absolute atomic E-state index is 0.393. The Balaban J connectivity index is 2.52. The molecule has 0 aliphatic carbocycles. The standard InChI is InChI=1S/C15H27NO/c1-5-7-8-9-10-14(16-6-2)15-11-12(3)13(4)17-15/h11,14,16H,5-10H2,1-4H3. The zero-order valence-corrected chi connectivity index (χ0v) is 11.8. The first-order chi connectivity index (χ1) is 8.19. The number of aryl methyl sites for hydroxylation is 2. The van der Waals surface area contributed by atoms with Gasteiger partial charge in [0, 0.05) is 0 Å². The Kier molecular flexibility index (Phi) is 6.35. The van der Waals surface area contributed by atoms with E-state index in [0.717, 1.165) is 18.1 Å². The molecule has 0 spiro atoms. The van der Waals surface area contributed by atoms with Crippen molar-refractivity contribution in [1.82, 2.24) is 5.32 Å². The van der Waals surface area contributed by atoms with Gasteiger partial charge in [-0.1, -0.05) is 39.5 Å². The van der Waals surface area contributed by atoms with Gasteiger partial charge in [-0.15, -0.1) is 0 Å². The predicted molar refractivity (Wildman–Crippen MR) is 73.4 cm³/mol. The van der Waals surface area contributed by atoms with Crippen LogP contribution in [-0.4, -0.2) is 6.54 Å². The van der Waals surface area contributed by atoms with Crippen molar-refractivity contribution in [3.63, 3.8) is 0 Å². The van der Waals surface area contributed by atoms with Crippen LogP contribution in [0.1, 0.15) is 69.1 Å². The zero-order chi connectivity index (χ0) is 12.7. The maximum atomic E-state index is 5.82. The molecule has 0 bridgehead atoms. The van der Waals surface area contributed by atoms with Crippen LogP contribution in [0.2, 0.25) is 0 Å². The summed E-state index contributed by atoms with van der Waals surface area (Å²) >= 11 is 0. The van der Waals surface area contributed by atoms with Crippen LogP contribution >= 0.6 is 0 Å². The Morgan fingerprint density at radius 1 is 1.18 bits per heavy atom. The van der Waals surface area contributed by atoms with Crippen LogP contribution in [0.25, 0.3) is 0 Å². The SMILES string of the molecule is CCCCCCC(NCC)c1cc(C)c(C)o1. The Bertz CT molecular complexity index is 297. The molecule has 1 heterocycles. The molecule has 1 rings (SSSR count). The average Bonchev–Trinajstić information content (AvgIpc) is 2.63. The molecular formula is C15H27NO. The highest BCUT2D eigenvalue weighted by Gasteiger charge is 2.15. The summed E-state index contributed by atoms with van der Waals surface area (Å²) in [6, 6.07) is 2.58. The second kappa shape index (κ2) is 7.54. The van der Waals surface area contributed by atoms with Crippen molar-refractivity contribution in [3.8, 4) is 0 Å². The minimum atomic E-state index is 0.393. The summed E-state index contributed by atoms with van der Waals surface area (Å²) in [6.45, 7) is 9.56. The summed E-state index contributed by atoms with van der Waals surface area (Å²) in [7, 11) is 0. The van der Waals surface area contributed by atoms with Crippen LogP contribution < -0.4 is 5.32 Å². The largest absolute Gasteiger partial charge is 0.464 e. The molecule has 0 amide bonds. The van der Waals surface area contributed by atoms with E-state index in [1.165, 1.54) is 37.7 Å². The molecule has 1 aromatic rings. The topological polar surface area (TPSA) is 25.2 Å². The first-order valence-electron chi connectivity index (χ1n) is 6.99. The van der Waals surface area contributed by atoms with Crippen molar-refractivity contribution in [2.24, 2.45) is 0 Å². The Labute approximate surface area is 106 Å². The van der Waals surface area contributed by atoms with Crippen LogP contribution in [0.5, 0.6) is 0 Å². The molecule has 98 valence electrons. The van der Waals surface area contributed by atoms with Gasteiger partial charge in [0.05, 0.1) is 6.04 Å². The summed E-state index contributed by atoms with van der Waals surface area (Å²) in [5, 5.41) is 3.52. The van der Waals surface area contributed by atoms with Gasteiger partial charge in [-0.05, 0) is 38.4 Å². The van der Waals surface area contributed by atoms with Crippen LogP contribution in [0.15, 0.2) is 10.5 Å². The van der Waals surface area contributed by atoms with E-state index in [0.29, 0.717) is 6.04 Å². The van der Waals surface area contributed by atoms with E-state index in [4.69, 9.17) is 4.42 Å². The molecule has 0 aromatic carbocycles. The van der Waals surface area contributed by atoms with E-state index < -0.39 is 0 Å². The third-order valence-corrected chi connectivity index (χ3v) is 3.33. The molecule has 1 aromatic heterocycles. The summed E-state index contributed by atoms with van der Waals surface area (Å²) in [5.41, 5.74) is 1.26. The molecule has 0 radical (unpaired) electrons. The summed E-state index contributed by atoms with van der Waals surface area (Å²) in [4.78, 5) is 0. The van der Waals surface area contributed by atoms with Crippen molar-refractivity contribution < 1.29 is 4.42 Å². The fourth-order valence-corrected chi connectivity index (χ4v) is 2.14. The summed E-state index contributed by atoms with van der Waals surface area (Å²) in [6.07, 6.45) is 6.43. The molecule has 17 heavy (non-hydrogen) atoms. The Morgan fingerprint density at radius 3 is 2.47 bits per heavy atom. The van der Waals surface area contributed by atoms with Crippen LogP contribution in [0, 0.1) is 13.8 Å². The lowest BCUT2D eigenvalue weighted by molar-refractivity contribution is 0.380. The number of rotatable bonds is 8. The second-order valence-electron chi connectivity index (χ2n) is 4.85. The molecular weight excluding hydrogens is 210 g/mol. The van der Waals surface area contributed by atoms with Gasteiger partial charge in [-0.2, -0.15) is 0 Å². The maximum Gasteiger partial charge on any atom is 0.121 e. The van der Waals surface area contributed by atoms with Crippen LogP contribution in [0.4, 0.5) is 0 Å². The molecule has 0 saturated heterocycles. The molecule has 0 saturated carbocycles. The van der Waals surface area contributed by atoms with Gasteiger partial charge in [0.25, 0.3) is 0 Å². The van der Waals surface area contributed by atoms with Gasteiger partial charge < -0.3 is 9.73 Å². The molecule has 1 atom stereocenters. The van der Waals surface area contributed by atoms with E-state index >= 15 is 0 Å². The number of hydrogen-bond donors (Lipinski definition) is 1. The fraction of sp³-hybridized carbons (Fsp3) is 0.733. The first kappa shape index (κ1) is 14.3. The molecule has 0 aliphatic heterocycles. The monoisotopic (exact) mass is 237 g/mol. The molecule has 2 nitrogen and oxygen atoms in total. The molecule has 2 heteroatoms. The van der Waals surface area contributed by atoms with Crippen molar-refractivity contribution in [3.05, 3.63) is 23.2 Å². The van der Waals surface area contributed by atoms with E-state index in [1.54, 1.807) is 0 Å². The second-order valence-corrected chi connectivity index (χ2v) is 4.85. The molecule has 1 unspecified atom stereocenters. The molecule has 1 N–H and O–H groups in total. The van der Waals surface area contributed by atoms with E-state index in [2.05, 4.69) is 32.2 Å². The van der Waals surface area contributed by atoms with E-state index in [9.17, 15) is 0 Å². The van der Waals surface area contributed by atoms with Crippen molar-refractivity contribution in [1.29, 1.82) is 0 Å². The van der Waals surface area contributed by atoms with Gasteiger partial charge in [-0.3, -0.25) is 0 Å². The number of furan rings is 1. The number of nitrogens with one attached hydrogen (secondary N) is 1. The fourth-order valence-electron chi connectivity index (χ4n) is 2.14. The molecule has 0 aliphatic rings. The quantitative estimate of drug-likeness (QED) is 0.673. The Morgan fingerprint density at radius 2 is 1.94 bits per heavy atom. The van der Waals surface area contributed by atoms with Crippen LogP contribution in [-0.2, 0) is 0 Å². The minimum Gasteiger partial charge on any atom is -0.464 e. The van der Waals surface area contributed by atoms with Gasteiger partial charge in [-0.25, -0.2) is 0 Å². The lowest BCUT2D eigenvalue weighted by atomic mass is 10.0. The predicted octanol–water partition coefficient (Wildman–Crippen LogP) is 4.52. The zero-order valence-electron chi connectivity index (χ0n) is 11.8. The first-order valence-corrected chi connectivity index (χ1v) is 6.99. The molecule has 0 fully saturated rings. The van der Waals surface area contributed by atoms with Gasteiger partial charge in [0.2, 0.25) is 0 Å². The average molecular weight is 237 g/mol.